The van der Waals surface area contributed by atoms with Crippen molar-refractivity contribution in [1.29, 1.82) is 0 Å². The lowest BCUT2D eigenvalue weighted by atomic mass is 10.2. The first kappa shape index (κ1) is 10.2. The molecule has 1 heterocycles. The van der Waals surface area contributed by atoms with Crippen molar-refractivity contribution in [2.45, 2.75) is 13.0 Å². The van der Waals surface area contributed by atoms with Crippen molar-refractivity contribution in [2.75, 3.05) is 13.2 Å². The Hall–Kier alpha value is -1.33. The fourth-order valence-corrected chi connectivity index (χ4v) is 1.44. The smallest absolute Gasteiger partial charge is 0.197 e. The predicted molar refractivity (Wildman–Crippen MR) is 51.0 cm³/mol. The summed E-state index contributed by atoms with van der Waals surface area (Å²) in [4.78, 5) is 4.39. The molecule has 15 heavy (non-hydrogen) atoms. The van der Waals surface area contributed by atoms with Crippen LogP contribution in [0.4, 0.5) is 4.39 Å². The van der Waals surface area contributed by atoms with Gasteiger partial charge in [0.2, 0.25) is 0 Å². The molecule has 0 radical (unpaired) electrons. The second-order valence-electron chi connectivity index (χ2n) is 3.23. The Bertz CT molecular complexity index is 357. The van der Waals surface area contributed by atoms with Crippen LogP contribution in [0.15, 0.2) is 12.1 Å². The average molecular weight is 213 g/mol. The maximum Gasteiger partial charge on any atom is 0.197 e. The van der Waals surface area contributed by atoms with Crippen molar-refractivity contribution in [3.63, 3.8) is 0 Å². The molecule has 0 atom stereocenters. The Morgan fingerprint density at radius 1 is 1.33 bits per heavy atom. The number of halogens is 1. The third-order valence-corrected chi connectivity index (χ3v) is 2.17. The number of benzene rings is 1. The lowest BCUT2D eigenvalue weighted by Crippen LogP contribution is -2.03. The van der Waals surface area contributed by atoms with E-state index in [-0.39, 0.29) is 12.4 Å². The van der Waals surface area contributed by atoms with Crippen molar-refractivity contribution in [2.24, 2.45) is 5.90 Å². The third kappa shape index (κ3) is 2.03. The van der Waals surface area contributed by atoms with Gasteiger partial charge in [0.15, 0.2) is 17.3 Å². The van der Waals surface area contributed by atoms with Crippen LogP contribution in [0.25, 0.3) is 0 Å². The number of hydrogen-bond donors (Lipinski definition) is 1. The monoisotopic (exact) mass is 213 g/mol. The van der Waals surface area contributed by atoms with Gasteiger partial charge in [-0.2, -0.15) is 0 Å². The Morgan fingerprint density at radius 3 is 2.93 bits per heavy atom. The third-order valence-electron chi connectivity index (χ3n) is 2.17. The average Bonchev–Trinajstić information content (AvgIpc) is 2.48. The van der Waals surface area contributed by atoms with Crippen LogP contribution < -0.4 is 15.4 Å². The van der Waals surface area contributed by atoms with E-state index in [1.807, 2.05) is 0 Å². The largest absolute Gasteiger partial charge is 0.489 e. The molecular weight excluding hydrogens is 201 g/mol. The standard InChI is InChI=1S/C10H12FNO3/c11-9-7(6-15-12)2-3-8-10(9)14-5-1-4-13-8/h2-3H,1,4-6,12H2. The van der Waals surface area contributed by atoms with Gasteiger partial charge >= 0.3 is 0 Å². The molecule has 0 saturated carbocycles. The van der Waals surface area contributed by atoms with Crippen LogP contribution in [0.2, 0.25) is 0 Å². The van der Waals surface area contributed by atoms with E-state index in [1.54, 1.807) is 12.1 Å². The molecule has 0 aromatic heterocycles. The van der Waals surface area contributed by atoms with Crippen molar-refractivity contribution >= 4 is 0 Å². The first-order valence-electron chi connectivity index (χ1n) is 4.71. The molecule has 82 valence electrons. The second-order valence-corrected chi connectivity index (χ2v) is 3.23. The normalized spacial score (nSPS) is 14.8. The molecule has 1 aliphatic rings. The Kier molecular flexibility index (Phi) is 3.03. The van der Waals surface area contributed by atoms with E-state index in [0.29, 0.717) is 24.5 Å². The molecule has 1 aliphatic heterocycles. The summed E-state index contributed by atoms with van der Waals surface area (Å²) in [6.07, 6.45) is 0.747. The van der Waals surface area contributed by atoms with Crippen LogP contribution in [-0.2, 0) is 11.4 Å². The molecule has 1 aromatic rings. The van der Waals surface area contributed by atoms with Crippen LogP contribution in [0, 0.1) is 5.82 Å². The van der Waals surface area contributed by atoms with Crippen molar-refractivity contribution in [3.8, 4) is 11.5 Å². The summed E-state index contributed by atoms with van der Waals surface area (Å²) < 4.78 is 24.4. The van der Waals surface area contributed by atoms with Crippen LogP contribution in [0.1, 0.15) is 12.0 Å². The highest BCUT2D eigenvalue weighted by molar-refractivity contribution is 5.44. The molecule has 0 fully saturated rings. The molecule has 2 N–H and O–H groups in total. The zero-order valence-corrected chi connectivity index (χ0v) is 8.16. The Morgan fingerprint density at radius 2 is 2.13 bits per heavy atom. The van der Waals surface area contributed by atoms with Gasteiger partial charge in [0, 0.05) is 12.0 Å². The van der Waals surface area contributed by atoms with E-state index >= 15 is 0 Å². The predicted octanol–water partition coefficient (Wildman–Crippen LogP) is 1.38. The van der Waals surface area contributed by atoms with E-state index in [4.69, 9.17) is 15.4 Å². The van der Waals surface area contributed by atoms with Gasteiger partial charge < -0.3 is 9.47 Å². The van der Waals surface area contributed by atoms with Gasteiger partial charge in [0.1, 0.15) is 0 Å². The Balaban J connectivity index is 2.36. The first-order chi connectivity index (χ1) is 7.33. The summed E-state index contributed by atoms with van der Waals surface area (Å²) in [5.74, 6) is 5.03. The van der Waals surface area contributed by atoms with Gasteiger partial charge in [0.25, 0.3) is 0 Å². The summed E-state index contributed by atoms with van der Waals surface area (Å²) in [5, 5.41) is 0. The number of rotatable bonds is 2. The molecular formula is C10H12FNO3. The summed E-state index contributed by atoms with van der Waals surface area (Å²) in [7, 11) is 0. The minimum atomic E-state index is -0.458. The molecule has 5 heteroatoms. The number of fused-ring (bicyclic) bond motifs is 1. The minimum Gasteiger partial charge on any atom is -0.489 e. The van der Waals surface area contributed by atoms with E-state index < -0.39 is 5.82 Å². The van der Waals surface area contributed by atoms with Crippen LogP contribution >= 0.6 is 0 Å². The highest BCUT2D eigenvalue weighted by atomic mass is 19.1. The van der Waals surface area contributed by atoms with Crippen LogP contribution in [0.5, 0.6) is 11.5 Å². The molecule has 0 spiro atoms. The molecule has 0 amide bonds. The van der Waals surface area contributed by atoms with Gasteiger partial charge in [-0.05, 0) is 12.1 Å². The maximum atomic E-state index is 13.8. The minimum absolute atomic E-state index is 0.0163. The van der Waals surface area contributed by atoms with E-state index in [2.05, 4.69) is 4.84 Å². The van der Waals surface area contributed by atoms with Crippen LogP contribution in [0.3, 0.4) is 0 Å². The number of ether oxygens (including phenoxy) is 2. The molecule has 1 aromatic carbocycles. The van der Waals surface area contributed by atoms with Gasteiger partial charge in [-0.1, -0.05) is 0 Å². The van der Waals surface area contributed by atoms with Gasteiger partial charge in [0.05, 0.1) is 19.8 Å². The molecule has 4 nitrogen and oxygen atoms in total. The second kappa shape index (κ2) is 4.46. The van der Waals surface area contributed by atoms with Crippen LogP contribution in [-0.4, -0.2) is 13.2 Å². The van der Waals surface area contributed by atoms with E-state index in [9.17, 15) is 4.39 Å². The highest BCUT2D eigenvalue weighted by Gasteiger charge is 2.18. The number of hydrogen-bond acceptors (Lipinski definition) is 4. The SMILES string of the molecule is NOCc1ccc2c(c1F)OCCCO2. The fourth-order valence-electron chi connectivity index (χ4n) is 1.44. The first-order valence-corrected chi connectivity index (χ1v) is 4.71. The summed E-state index contributed by atoms with van der Waals surface area (Å²) in [6.45, 7) is 1.01. The summed E-state index contributed by atoms with van der Waals surface area (Å²) >= 11 is 0. The molecule has 0 saturated heterocycles. The fraction of sp³-hybridized carbons (Fsp3) is 0.400. The topological polar surface area (TPSA) is 53.7 Å². The van der Waals surface area contributed by atoms with Crippen molar-refractivity contribution in [3.05, 3.63) is 23.5 Å². The summed E-state index contributed by atoms with van der Waals surface area (Å²) in [5.41, 5.74) is 0.363. The van der Waals surface area contributed by atoms with Gasteiger partial charge in [-0.25, -0.2) is 10.3 Å². The Labute approximate surface area is 86.7 Å². The summed E-state index contributed by atoms with van der Waals surface area (Å²) in [6, 6.07) is 3.24. The molecule has 0 aliphatic carbocycles. The lowest BCUT2D eigenvalue weighted by Gasteiger charge is -2.10. The quantitative estimate of drug-likeness (QED) is 0.754. The number of nitrogens with two attached hydrogens (primary N) is 1. The van der Waals surface area contributed by atoms with Crippen molar-refractivity contribution < 1.29 is 18.7 Å². The molecule has 0 unspecified atom stereocenters. The zero-order chi connectivity index (χ0) is 10.7. The molecule has 2 rings (SSSR count). The zero-order valence-electron chi connectivity index (χ0n) is 8.16. The van der Waals surface area contributed by atoms with E-state index in [1.165, 1.54) is 0 Å². The van der Waals surface area contributed by atoms with E-state index in [0.717, 1.165) is 6.42 Å². The highest BCUT2D eigenvalue weighted by Crippen LogP contribution is 2.34. The van der Waals surface area contributed by atoms with Gasteiger partial charge in [-0.3, -0.25) is 4.84 Å². The maximum absolute atomic E-state index is 13.8. The lowest BCUT2D eigenvalue weighted by molar-refractivity contribution is 0.121. The van der Waals surface area contributed by atoms with Crippen molar-refractivity contribution in [1.82, 2.24) is 0 Å². The van der Waals surface area contributed by atoms with Gasteiger partial charge in [-0.15, -0.1) is 0 Å². The molecule has 0 bridgehead atoms.